The highest BCUT2D eigenvalue weighted by Gasteiger charge is 2.13. The number of nitrogens with one attached hydrogen (secondary N) is 4. The van der Waals surface area contributed by atoms with Crippen molar-refractivity contribution >= 4 is 40.6 Å². The molecule has 0 fully saturated rings. The summed E-state index contributed by atoms with van der Waals surface area (Å²) in [5.41, 5.74) is 3.44. The summed E-state index contributed by atoms with van der Waals surface area (Å²) in [5.74, 6) is -0.196. The first-order chi connectivity index (χ1) is 14.6. The summed E-state index contributed by atoms with van der Waals surface area (Å²) >= 11 is 0. The van der Waals surface area contributed by atoms with Gasteiger partial charge in [-0.3, -0.25) is 20.3 Å². The average Bonchev–Trinajstić information content (AvgIpc) is 2.75. The summed E-state index contributed by atoms with van der Waals surface area (Å²) in [4.78, 5) is 27.9. The van der Waals surface area contributed by atoms with Gasteiger partial charge in [0.15, 0.2) is 5.96 Å². The van der Waals surface area contributed by atoms with Crippen LogP contribution in [0.5, 0.6) is 0 Å². The number of fused-ring (bicyclic) bond motifs is 1. The summed E-state index contributed by atoms with van der Waals surface area (Å²) in [6.45, 7) is 2.10. The molecule has 30 heavy (non-hydrogen) atoms. The zero-order valence-electron chi connectivity index (χ0n) is 16.9. The third-order valence-electron chi connectivity index (χ3n) is 4.65. The van der Waals surface area contributed by atoms with Crippen LogP contribution in [-0.4, -0.2) is 23.3 Å². The number of hydrogen-bond donors (Lipinski definition) is 4. The van der Waals surface area contributed by atoms with Crippen molar-refractivity contribution in [3.63, 3.8) is 0 Å². The Balaban J connectivity index is 2.04. The van der Waals surface area contributed by atoms with E-state index in [1.807, 2.05) is 54.6 Å². The number of hydrogen-bond acceptors (Lipinski definition) is 4. The summed E-state index contributed by atoms with van der Waals surface area (Å²) in [7, 11) is 0. The molecule has 0 aliphatic heterocycles. The minimum atomic E-state index is -0.148. The lowest BCUT2D eigenvalue weighted by molar-refractivity contribution is -0.116. The van der Waals surface area contributed by atoms with Gasteiger partial charge >= 0.3 is 0 Å². The molecule has 0 aliphatic rings. The fraction of sp³-hybridized carbons (Fsp3) is 0.217. The van der Waals surface area contributed by atoms with E-state index in [4.69, 9.17) is 10.4 Å². The summed E-state index contributed by atoms with van der Waals surface area (Å²) in [5, 5.41) is 16.8. The molecule has 3 aromatic rings. The molecule has 0 atom stereocenters. The van der Waals surface area contributed by atoms with Crippen LogP contribution in [0.3, 0.4) is 0 Å². The number of aromatic nitrogens is 1. The Hall–Kier alpha value is -3.74. The van der Waals surface area contributed by atoms with Crippen molar-refractivity contribution < 1.29 is 9.59 Å². The van der Waals surface area contributed by atoms with E-state index in [9.17, 15) is 9.59 Å². The highest BCUT2D eigenvalue weighted by molar-refractivity contribution is 6.09. The predicted octanol–water partition coefficient (Wildman–Crippen LogP) is 4.51. The molecule has 3 rings (SSSR count). The standard InChI is InChI=1S/C23H25N5O2/c1-2-3-5-13-21(30)26-18-12-8-11-17-20(28-23(24)25-15-29)14-19(27-22(17)18)16-9-6-4-7-10-16/h4,6-12,14-15H,2-3,5,13H2,1H3,(H,26,30)(H3,24,25,27,28,29). The van der Waals surface area contributed by atoms with Gasteiger partial charge in [0.25, 0.3) is 0 Å². The Kier molecular flexibility index (Phi) is 7.10. The third-order valence-corrected chi connectivity index (χ3v) is 4.65. The molecule has 0 unspecified atom stereocenters. The average molecular weight is 403 g/mol. The first-order valence-electron chi connectivity index (χ1n) is 9.97. The minimum absolute atomic E-state index is 0.0484. The van der Waals surface area contributed by atoms with Crippen LogP contribution in [0.15, 0.2) is 54.6 Å². The number of anilines is 2. The molecule has 7 heteroatoms. The first-order valence-corrected chi connectivity index (χ1v) is 9.97. The summed E-state index contributed by atoms with van der Waals surface area (Å²) in [6, 6.07) is 17.0. The number of benzene rings is 2. The highest BCUT2D eigenvalue weighted by atomic mass is 16.1. The second-order valence-electron chi connectivity index (χ2n) is 6.89. The Bertz CT molecular complexity index is 1050. The van der Waals surface area contributed by atoms with Gasteiger partial charge in [0.2, 0.25) is 12.3 Å². The molecule has 0 saturated carbocycles. The van der Waals surface area contributed by atoms with Crippen LogP contribution in [0.4, 0.5) is 11.4 Å². The van der Waals surface area contributed by atoms with Crippen molar-refractivity contribution in [3.8, 4) is 11.3 Å². The number of carbonyl (C=O) groups excluding carboxylic acids is 2. The van der Waals surface area contributed by atoms with Crippen LogP contribution in [0.2, 0.25) is 0 Å². The van der Waals surface area contributed by atoms with Crippen molar-refractivity contribution in [2.24, 2.45) is 0 Å². The monoisotopic (exact) mass is 403 g/mol. The van der Waals surface area contributed by atoms with Crippen molar-refractivity contribution in [1.82, 2.24) is 10.3 Å². The maximum absolute atomic E-state index is 12.4. The van der Waals surface area contributed by atoms with Crippen LogP contribution >= 0.6 is 0 Å². The smallest absolute Gasteiger partial charge is 0.224 e. The fourth-order valence-corrected chi connectivity index (χ4v) is 3.19. The molecule has 2 amide bonds. The van der Waals surface area contributed by atoms with Gasteiger partial charge in [-0.15, -0.1) is 0 Å². The largest absolute Gasteiger partial charge is 0.325 e. The van der Waals surface area contributed by atoms with E-state index < -0.39 is 0 Å². The maximum Gasteiger partial charge on any atom is 0.224 e. The molecule has 7 nitrogen and oxygen atoms in total. The molecule has 0 radical (unpaired) electrons. The second kappa shape index (κ2) is 10.2. The number of unbranched alkanes of at least 4 members (excludes halogenated alkanes) is 2. The number of carbonyl (C=O) groups is 2. The van der Waals surface area contributed by atoms with Crippen molar-refractivity contribution in [3.05, 3.63) is 54.6 Å². The van der Waals surface area contributed by atoms with Gasteiger partial charge < -0.3 is 10.6 Å². The Morgan fingerprint density at radius 2 is 1.83 bits per heavy atom. The third kappa shape index (κ3) is 5.20. The Morgan fingerprint density at radius 3 is 2.57 bits per heavy atom. The van der Waals surface area contributed by atoms with Gasteiger partial charge in [-0.1, -0.05) is 62.2 Å². The predicted molar refractivity (Wildman–Crippen MR) is 120 cm³/mol. The zero-order valence-corrected chi connectivity index (χ0v) is 16.9. The molecule has 0 spiro atoms. The van der Waals surface area contributed by atoms with Crippen LogP contribution in [0.25, 0.3) is 22.2 Å². The van der Waals surface area contributed by atoms with Crippen molar-refractivity contribution in [1.29, 1.82) is 5.41 Å². The molecule has 1 aromatic heterocycles. The van der Waals surface area contributed by atoms with Gasteiger partial charge in [0, 0.05) is 17.4 Å². The van der Waals surface area contributed by atoms with E-state index in [2.05, 4.69) is 22.9 Å². The Morgan fingerprint density at radius 1 is 1.03 bits per heavy atom. The normalized spacial score (nSPS) is 10.4. The van der Waals surface area contributed by atoms with Gasteiger partial charge in [-0.05, 0) is 18.6 Å². The topological polar surface area (TPSA) is 107 Å². The van der Waals surface area contributed by atoms with Crippen molar-refractivity contribution in [2.75, 3.05) is 10.6 Å². The van der Waals surface area contributed by atoms with E-state index in [0.29, 0.717) is 35.4 Å². The molecule has 0 aliphatic carbocycles. The molecular weight excluding hydrogens is 378 g/mol. The lowest BCUT2D eigenvalue weighted by Crippen LogP contribution is -2.28. The SMILES string of the molecule is CCCCCC(=O)Nc1cccc2c(NC(=N)NC=O)cc(-c3ccccc3)nc12. The van der Waals surface area contributed by atoms with Gasteiger partial charge in [0.05, 0.1) is 22.6 Å². The maximum atomic E-state index is 12.4. The molecule has 154 valence electrons. The lowest BCUT2D eigenvalue weighted by Gasteiger charge is -2.15. The van der Waals surface area contributed by atoms with Crippen LogP contribution < -0.4 is 16.0 Å². The molecular formula is C23H25N5O2. The van der Waals surface area contributed by atoms with Crippen LogP contribution in [0, 0.1) is 5.41 Å². The van der Waals surface area contributed by atoms with Crippen LogP contribution in [-0.2, 0) is 9.59 Å². The van der Waals surface area contributed by atoms with Gasteiger partial charge in [-0.2, -0.15) is 0 Å². The number of rotatable bonds is 8. The van der Waals surface area contributed by atoms with E-state index in [1.165, 1.54) is 0 Å². The second-order valence-corrected chi connectivity index (χ2v) is 6.89. The van der Waals surface area contributed by atoms with E-state index in [0.717, 1.165) is 30.2 Å². The van der Waals surface area contributed by atoms with E-state index in [-0.39, 0.29) is 11.9 Å². The number of guanidine groups is 1. The van der Waals surface area contributed by atoms with E-state index in [1.54, 1.807) is 0 Å². The number of nitrogens with zero attached hydrogens (tertiary/aromatic N) is 1. The van der Waals surface area contributed by atoms with Crippen LogP contribution in [0.1, 0.15) is 32.6 Å². The number of pyridine rings is 1. The molecule has 4 N–H and O–H groups in total. The fourth-order valence-electron chi connectivity index (χ4n) is 3.19. The minimum Gasteiger partial charge on any atom is -0.325 e. The Labute approximate surface area is 175 Å². The zero-order chi connectivity index (χ0) is 21.3. The molecule has 0 saturated heterocycles. The van der Waals surface area contributed by atoms with E-state index >= 15 is 0 Å². The quantitative estimate of drug-likeness (QED) is 0.192. The molecule has 1 heterocycles. The van der Waals surface area contributed by atoms with Gasteiger partial charge in [-0.25, -0.2) is 4.98 Å². The van der Waals surface area contributed by atoms with Gasteiger partial charge in [0.1, 0.15) is 0 Å². The number of para-hydroxylation sites is 1. The highest BCUT2D eigenvalue weighted by Crippen LogP contribution is 2.32. The summed E-state index contributed by atoms with van der Waals surface area (Å²) < 4.78 is 0. The lowest BCUT2D eigenvalue weighted by atomic mass is 10.1. The molecule has 0 bridgehead atoms. The summed E-state index contributed by atoms with van der Waals surface area (Å²) in [6.07, 6.45) is 3.82. The molecule has 2 aromatic carbocycles. The number of amides is 2. The van der Waals surface area contributed by atoms with Crippen molar-refractivity contribution in [2.45, 2.75) is 32.6 Å². The first kappa shape index (κ1) is 21.0.